The fourth-order valence-corrected chi connectivity index (χ4v) is 4.10. The summed E-state index contributed by atoms with van der Waals surface area (Å²) in [5.74, 6) is 0.792. The highest BCUT2D eigenvalue weighted by molar-refractivity contribution is 5.77. The average molecular weight is 348 g/mol. The minimum absolute atomic E-state index is 0.0588. The molecule has 1 amide bonds. The predicted molar refractivity (Wildman–Crippen MR) is 93.5 cm³/mol. The molecule has 3 atom stereocenters. The molecule has 1 aromatic rings. The summed E-state index contributed by atoms with van der Waals surface area (Å²) in [7, 11) is 1.76. The van der Waals surface area contributed by atoms with Gasteiger partial charge in [0.25, 0.3) is 0 Å². The van der Waals surface area contributed by atoms with Gasteiger partial charge in [0.1, 0.15) is 6.10 Å². The molecule has 0 bridgehead atoms. The van der Waals surface area contributed by atoms with Gasteiger partial charge in [-0.15, -0.1) is 0 Å². The van der Waals surface area contributed by atoms with E-state index in [4.69, 9.17) is 14.2 Å². The van der Waals surface area contributed by atoms with Crippen LogP contribution < -0.4 is 4.74 Å². The summed E-state index contributed by atoms with van der Waals surface area (Å²) in [6, 6.07) is 5.73. The highest BCUT2D eigenvalue weighted by Crippen LogP contribution is 2.43. The van der Waals surface area contributed by atoms with E-state index in [2.05, 4.69) is 4.98 Å². The topological polar surface area (TPSA) is 60.9 Å². The lowest BCUT2D eigenvalue weighted by Crippen LogP contribution is -2.53. The molecule has 1 aromatic heterocycles. The number of carbonyl (C=O) groups excluding carboxylic acids is 1. The van der Waals surface area contributed by atoms with Crippen LogP contribution in [0.25, 0.3) is 0 Å². The number of hydrogen-bond acceptors (Lipinski definition) is 5. The number of rotatable bonds is 7. The Hall–Kier alpha value is -1.66. The molecular weight excluding hydrogens is 320 g/mol. The molecule has 6 nitrogen and oxygen atoms in total. The summed E-state index contributed by atoms with van der Waals surface area (Å²) in [6.07, 6.45) is 5.72. The van der Waals surface area contributed by atoms with E-state index in [1.165, 1.54) is 0 Å². The van der Waals surface area contributed by atoms with E-state index in [0.717, 1.165) is 32.2 Å². The van der Waals surface area contributed by atoms with Crippen molar-refractivity contribution < 1.29 is 19.0 Å². The van der Waals surface area contributed by atoms with Crippen molar-refractivity contribution in [1.82, 2.24) is 9.88 Å². The Morgan fingerprint density at radius 3 is 3.00 bits per heavy atom. The van der Waals surface area contributed by atoms with E-state index in [1.54, 1.807) is 13.3 Å². The van der Waals surface area contributed by atoms with E-state index in [9.17, 15) is 4.79 Å². The van der Waals surface area contributed by atoms with Crippen LogP contribution in [0, 0.1) is 0 Å². The number of carbonyl (C=O) groups is 1. The largest absolute Gasteiger partial charge is 0.474 e. The number of fused-ring (bicyclic) bond motifs is 1. The van der Waals surface area contributed by atoms with Gasteiger partial charge in [0.05, 0.1) is 24.7 Å². The fraction of sp³-hybridized carbons (Fsp3) is 0.684. The highest BCUT2D eigenvalue weighted by Gasteiger charge is 2.52. The zero-order chi connectivity index (χ0) is 17.7. The van der Waals surface area contributed by atoms with Crippen molar-refractivity contribution in [3.05, 3.63) is 24.4 Å². The highest BCUT2D eigenvalue weighted by atomic mass is 16.5. The van der Waals surface area contributed by atoms with Crippen molar-refractivity contribution in [1.29, 1.82) is 0 Å². The maximum atomic E-state index is 12.6. The zero-order valence-corrected chi connectivity index (χ0v) is 15.1. The van der Waals surface area contributed by atoms with Crippen molar-refractivity contribution in [2.75, 3.05) is 26.9 Å². The van der Waals surface area contributed by atoms with Gasteiger partial charge in [-0.25, -0.2) is 4.98 Å². The second-order valence-electron chi connectivity index (χ2n) is 6.75. The summed E-state index contributed by atoms with van der Waals surface area (Å²) in [4.78, 5) is 18.9. The van der Waals surface area contributed by atoms with Gasteiger partial charge < -0.3 is 19.1 Å². The lowest BCUT2D eigenvalue weighted by Gasteiger charge is -2.43. The number of hydrogen-bond donors (Lipinski definition) is 0. The molecule has 0 unspecified atom stereocenters. The number of methoxy groups -OCH3 is 1. The molecule has 2 heterocycles. The molecule has 2 fully saturated rings. The molecule has 0 radical (unpaired) electrons. The first-order chi connectivity index (χ1) is 12.2. The monoisotopic (exact) mass is 348 g/mol. The van der Waals surface area contributed by atoms with Gasteiger partial charge in [-0.3, -0.25) is 4.79 Å². The second kappa shape index (κ2) is 8.15. The fourth-order valence-electron chi connectivity index (χ4n) is 4.10. The van der Waals surface area contributed by atoms with Gasteiger partial charge in [0.2, 0.25) is 11.8 Å². The van der Waals surface area contributed by atoms with Gasteiger partial charge >= 0.3 is 0 Å². The van der Waals surface area contributed by atoms with E-state index in [1.807, 2.05) is 30.0 Å². The normalized spacial score (nSPS) is 28.6. The van der Waals surface area contributed by atoms with Crippen LogP contribution in [0.4, 0.5) is 0 Å². The van der Waals surface area contributed by atoms with E-state index in [-0.39, 0.29) is 23.7 Å². The van der Waals surface area contributed by atoms with Crippen LogP contribution in [0.1, 0.15) is 39.0 Å². The molecule has 1 aliphatic carbocycles. The lowest BCUT2D eigenvalue weighted by molar-refractivity contribution is -0.140. The Morgan fingerprint density at radius 2 is 2.28 bits per heavy atom. The van der Waals surface area contributed by atoms with Gasteiger partial charge in [0, 0.05) is 38.9 Å². The third kappa shape index (κ3) is 3.96. The van der Waals surface area contributed by atoms with Crippen molar-refractivity contribution in [2.45, 2.75) is 56.8 Å². The second-order valence-corrected chi connectivity index (χ2v) is 6.75. The maximum Gasteiger partial charge on any atom is 0.225 e. The number of nitrogens with zero attached hydrogens (tertiary/aromatic N) is 2. The van der Waals surface area contributed by atoms with Crippen LogP contribution in [0.2, 0.25) is 0 Å². The van der Waals surface area contributed by atoms with Crippen molar-refractivity contribution >= 4 is 5.91 Å². The van der Waals surface area contributed by atoms with Crippen molar-refractivity contribution in [3.8, 4) is 5.88 Å². The summed E-state index contributed by atoms with van der Waals surface area (Å²) < 4.78 is 17.3. The smallest absolute Gasteiger partial charge is 0.225 e. The van der Waals surface area contributed by atoms with Crippen LogP contribution in [0.5, 0.6) is 5.88 Å². The van der Waals surface area contributed by atoms with Gasteiger partial charge in [-0.1, -0.05) is 6.07 Å². The standard InChI is InChI=1S/C19H28N2O4/c1-3-24-13-8-18(22)21-12-10-19(23-2)9-7-15(14-16(19)21)25-17-6-4-5-11-20-17/h4-6,11,15-16H,3,7-10,12-14H2,1-2H3/t15-,16+,19-/m1/s1. The zero-order valence-electron chi connectivity index (χ0n) is 15.1. The third-order valence-corrected chi connectivity index (χ3v) is 5.45. The summed E-state index contributed by atoms with van der Waals surface area (Å²) >= 11 is 0. The molecule has 25 heavy (non-hydrogen) atoms. The van der Waals surface area contributed by atoms with Crippen LogP contribution in [0.3, 0.4) is 0 Å². The molecular formula is C19H28N2O4. The Morgan fingerprint density at radius 1 is 1.40 bits per heavy atom. The molecule has 138 valence electrons. The number of aromatic nitrogens is 1. The predicted octanol–water partition coefficient (Wildman–Crippen LogP) is 2.43. The Labute approximate surface area is 149 Å². The van der Waals surface area contributed by atoms with E-state index in [0.29, 0.717) is 25.5 Å². The number of amides is 1. The molecule has 1 saturated carbocycles. The summed E-state index contributed by atoms with van der Waals surface area (Å²) in [6.45, 7) is 3.81. The number of likely N-dealkylation sites (tertiary alicyclic amines) is 1. The summed E-state index contributed by atoms with van der Waals surface area (Å²) in [5.41, 5.74) is -0.231. The minimum Gasteiger partial charge on any atom is -0.474 e. The molecule has 3 rings (SSSR count). The lowest BCUT2D eigenvalue weighted by atomic mass is 9.79. The van der Waals surface area contributed by atoms with Crippen LogP contribution in [0.15, 0.2) is 24.4 Å². The van der Waals surface area contributed by atoms with Crippen molar-refractivity contribution in [2.24, 2.45) is 0 Å². The van der Waals surface area contributed by atoms with Crippen LogP contribution in [-0.2, 0) is 14.3 Å². The maximum absolute atomic E-state index is 12.6. The first kappa shape index (κ1) is 18.1. The number of pyridine rings is 1. The molecule has 2 aliphatic rings. The molecule has 0 spiro atoms. The third-order valence-electron chi connectivity index (χ3n) is 5.45. The molecule has 6 heteroatoms. The Kier molecular flexibility index (Phi) is 5.91. The van der Waals surface area contributed by atoms with Gasteiger partial charge in [0.15, 0.2) is 0 Å². The van der Waals surface area contributed by atoms with Gasteiger partial charge in [-0.2, -0.15) is 0 Å². The molecule has 1 saturated heterocycles. The van der Waals surface area contributed by atoms with Crippen LogP contribution in [-0.4, -0.2) is 60.4 Å². The minimum atomic E-state index is -0.231. The molecule has 0 N–H and O–H groups in total. The quantitative estimate of drug-likeness (QED) is 0.708. The van der Waals surface area contributed by atoms with Crippen molar-refractivity contribution in [3.63, 3.8) is 0 Å². The molecule has 1 aliphatic heterocycles. The SMILES string of the molecule is CCOCCC(=O)N1CC[C@]2(OC)CC[C@@H](Oc3ccccn3)C[C@H]12. The van der Waals surface area contributed by atoms with Gasteiger partial charge in [-0.05, 0) is 32.3 Å². The van der Waals surface area contributed by atoms with Crippen LogP contribution >= 0.6 is 0 Å². The van der Waals surface area contributed by atoms with E-state index >= 15 is 0 Å². The summed E-state index contributed by atoms with van der Waals surface area (Å²) in [5, 5.41) is 0. The molecule has 0 aromatic carbocycles. The average Bonchev–Trinajstić information content (AvgIpc) is 3.02. The number of ether oxygens (including phenoxy) is 3. The Balaban J connectivity index is 1.66. The first-order valence-electron chi connectivity index (χ1n) is 9.18. The first-order valence-corrected chi connectivity index (χ1v) is 9.18. The van der Waals surface area contributed by atoms with E-state index < -0.39 is 0 Å². The Bertz CT molecular complexity index is 568.